The fourth-order valence-electron chi connectivity index (χ4n) is 2.77. The van der Waals surface area contributed by atoms with Crippen LogP contribution >= 0.6 is 0 Å². The van der Waals surface area contributed by atoms with Crippen LogP contribution < -0.4 is 10.2 Å². The Kier molecular flexibility index (Phi) is 6.40. The van der Waals surface area contributed by atoms with Gasteiger partial charge in [-0.3, -0.25) is 4.79 Å². The first-order valence-corrected chi connectivity index (χ1v) is 8.43. The summed E-state index contributed by atoms with van der Waals surface area (Å²) in [6.07, 6.45) is 3.30. The summed E-state index contributed by atoms with van der Waals surface area (Å²) in [6, 6.07) is 3.56. The van der Waals surface area contributed by atoms with Crippen molar-refractivity contribution >= 4 is 17.8 Å². The quantitative estimate of drug-likeness (QED) is 0.832. The molecule has 0 aromatic carbocycles. The van der Waals surface area contributed by atoms with E-state index in [0.29, 0.717) is 37.6 Å². The first-order valence-electron chi connectivity index (χ1n) is 8.43. The molecule has 1 aliphatic heterocycles. The second kappa shape index (κ2) is 8.52. The summed E-state index contributed by atoms with van der Waals surface area (Å²) in [5.74, 6) is 0.495. The molecule has 1 atom stereocenters. The van der Waals surface area contributed by atoms with E-state index in [9.17, 15) is 9.59 Å². The fraction of sp³-hybridized carbons (Fsp3) is 0.588. The second-order valence-corrected chi connectivity index (χ2v) is 5.91. The predicted octanol–water partition coefficient (Wildman–Crippen LogP) is 1.89. The lowest BCUT2D eigenvalue weighted by atomic mass is 10.1. The van der Waals surface area contributed by atoms with Crippen LogP contribution in [0.2, 0.25) is 0 Å². The average molecular weight is 334 g/mol. The minimum atomic E-state index is -0.262. The fourth-order valence-corrected chi connectivity index (χ4v) is 2.77. The van der Waals surface area contributed by atoms with E-state index < -0.39 is 0 Å². The maximum absolute atomic E-state index is 12.1. The van der Waals surface area contributed by atoms with Crippen molar-refractivity contribution in [2.45, 2.75) is 32.7 Å². The third kappa shape index (κ3) is 4.15. The van der Waals surface area contributed by atoms with Gasteiger partial charge in [0.15, 0.2) is 0 Å². The van der Waals surface area contributed by atoms with Crippen LogP contribution in [0.4, 0.5) is 10.6 Å². The van der Waals surface area contributed by atoms with Gasteiger partial charge in [-0.1, -0.05) is 13.3 Å². The summed E-state index contributed by atoms with van der Waals surface area (Å²) in [4.78, 5) is 32.3. The molecule has 0 saturated carbocycles. The highest BCUT2D eigenvalue weighted by atomic mass is 16.6. The summed E-state index contributed by atoms with van der Waals surface area (Å²) in [7, 11) is 1.60. The summed E-state index contributed by atoms with van der Waals surface area (Å²) in [6.45, 7) is 6.27. The zero-order valence-electron chi connectivity index (χ0n) is 14.6. The highest BCUT2D eigenvalue weighted by Crippen LogP contribution is 2.22. The van der Waals surface area contributed by atoms with Gasteiger partial charge < -0.3 is 19.9 Å². The Labute approximate surface area is 143 Å². The number of amides is 2. The van der Waals surface area contributed by atoms with E-state index in [4.69, 9.17) is 4.74 Å². The van der Waals surface area contributed by atoms with E-state index in [1.54, 1.807) is 30.3 Å². The number of nitrogens with one attached hydrogen (secondary N) is 1. The third-order valence-electron chi connectivity index (χ3n) is 4.14. The molecule has 7 nitrogen and oxygen atoms in total. The minimum absolute atomic E-state index is 0.0516. The van der Waals surface area contributed by atoms with Crippen LogP contribution in [0, 0.1) is 0 Å². The van der Waals surface area contributed by atoms with Crippen LogP contribution in [0.25, 0.3) is 0 Å². The van der Waals surface area contributed by atoms with Crippen LogP contribution in [0.5, 0.6) is 0 Å². The Morgan fingerprint density at radius 1 is 1.42 bits per heavy atom. The minimum Gasteiger partial charge on any atom is -0.449 e. The van der Waals surface area contributed by atoms with Crippen molar-refractivity contribution < 1.29 is 14.3 Å². The Hall–Kier alpha value is -2.31. The number of unbranched alkanes of at least 4 members (excludes halogenated alkanes) is 1. The average Bonchev–Trinajstić information content (AvgIpc) is 2.61. The molecule has 1 N–H and O–H groups in total. The van der Waals surface area contributed by atoms with Gasteiger partial charge in [-0.05, 0) is 25.5 Å². The van der Waals surface area contributed by atoms with Gasteiger partial charge in [-0.2, -0.15) is 0 Å². The summed E-state index contributed by atoms with van der Waals surface area (Å²) in [5, 5.41) is 2.64. The number of anilines is 1. The number of hydrogen-bond donors (Lipinski definition) is 1. The molecular weight excluding hydrogens is 308 g/mol. The molecule has 0 aliphatic carbocycles. The molecule has 132 valence electrons. The number of nitrogens with zero attached hydrogens (tertiary/aromatic N) is 3. The maximum atomic E-state index is 12.1. The lowest BCUT2D eigenvalue weighted by molar-refractivity contribution is 0.0933. The van der Waals surface area contributed by atoms with Gasteiger partial charge >= 0.3 is 6.09 Å². The number of piperazine rings is 1. The van der Waals surface area contributed by atoms with E-state index >= 15 is 0 Å². The Morgan fingerprint density at radius 2 is 2.21 bits per heavy atom. The van der Waals surface area contributed by atoms with Gasteiger partial charge in [0.05, 0.1) is 12.2 Å². The zero-order chi connectivity index (χ0) is 17.5. The molecule has 0 unspecified atom stereocenters. The Morgan fingerprint density at radius 3 is 2.88 bits per heavy atom. The molecule has 0 bridgehead atoms. The second-order valence-electron chi connectivity index (χ2n) is 5.91. The number of carbonyl (C=O) groups is 2. The molecule has 2 heterocycles. The van der Waals surface area contributed by atoms with Gasteiger partial charge in [0.25, 0.3) is 5.91 Å². The molecular formula is C17H26N4O3. The van der Waals surface area contributed by atoms with E-state index in [0.717, 1.165) is 12.8 Å². The summed E-state index contributed by atoms with van der Waals surface area (Å²) in [5.41, 5.74) is 0.547. The SMILES string of the molecule is CCCCOC(=O)N1CCN(c2ncccc2C(=O)NC)[C@@H](C)C1. The molecule has 24 heavy (non-hydrogen) atoms. The number of pyridine rings is 1. The maximum Gasteiger partial charge on any atom is 0.409 e. The first kappa shape index (κ1) is 18.0. The van der Waals surface area contributed by atoms with Crippen molar-refractivity contribution in [3.63, 3.8) is 0 Å². The van der Waals surface area contributed by atoms with Crippen LogP contribution in [0.3, 0.4) is 0 Å². The van der Waals surface area contributed by atoms with E-state index in [-0.39, 0.29) is 18.0 Å². The van der Waals surface area contributed by atoms with Crippen molar-refractivity contribution in [2.75, 3.05) is 38.2 Å². The number of rotatable bonds is 5. The van der Waals surface area contributed by atoms with Gasteiger partial charge in [-0.25, -0.2) is 9.78 Å². The largest absolute Gasteiger partial charge is 0.449 e. The van der Waals surface area contributed by atoms with Gasteiger partial charge in [0.2, 0.25) is 0 Å². The number of carbonyl (C=O) groups excluding carboxylic acids is 2. The van der Waals surface area contributed by atoms with Crippen molar-refractivity contribution in [1.82, 2.24) is 15.2 Å². The van der Waals surface area contributed by atoms with Gasteiger partial charge in [-0.15, -0.1) is 0 Å². The number of ether oxygens (including phenoxy) is 1. The Bertz CT molecular complexity index is 579. The third-order valence-corrected chi connectivity index (χ3v) is 4.14. The topological polar surface area (TPSA) is 74.8 Å². The van der Waals surface area contributed by atoms with Crippen LogP contribution in [-0.2, 0) is 4.74 Å². The predicted molar refractivity (Wildman–Crippen MR) is 92.3 cm³/mol. The van der Waals surface area contributed by atoms with Crippen LogP contribution in [0.15, 0.2) is 18.3 Å². The van der Waals surface area contributed by atoms with Crippen LogP contribution in [-0.4, -0.2) is 61.2 Å². The molecule has 2 amide bonds. The summed E-state index contributed by atoms with van der Waals surface area (Å²) < 4.78 is 5.28. The molecule has 1 saturated heterocycles. The van der Waals surface area contributed by atoms with Crippen molar-refractivity contribution in [1.29, 1.82) is 0 Å². The first-order chi connectivity index (χ1) is 11.6. The number of hydrogen-bond acceptors (Lipinski definition) is 5. The smallest absolute Gasteiger partial charge is 0.409 e. The zero-order valence-corrected chi connectivity index (χ0v) is 14.6. The monoisotopic (exact) mass is 334 g/mol. The molecule has 7 heteroatoms. The standard InChI is InChI=1S/C17H26N4O3/c1-4-5-11-24-17(23)20-9-10-21(13(2)12-20)15-14(16(22)18-3)7-6-8-19-15/h6-8,13H,4-5,9-12H2,1-3H3,(H,18,22)/t13-/m0/s1. The van der Waals surface area contributed by atoms with Crippen molar-refractivity contribution in [2.24, 2.45) is 0 Å². The molecule has 1 aliphatic rings. The lowest BCUT2D eigenvalue weighted by Gasteiger charge is -2.40. The van der Waals surface area contributed by atoms with Crippen molar-refractivity contribution in [3.05, 3.63) is 23.9 Å². The number of aromatic nitrogens is 1. The highest BCUT2D eigenvalue weighted by molar-refractivity contribution is 5.98. The molecule has 1 aromatic heterocycles. The van der Waals surface area contributed by atoms with E-state index in [1.807, 2.05) is 6.92 Å². The molecule has 0 spiro atoms. The van der Waals surface area contributed by atoms with Gasteiger partial charge in [0.1, 0.15) is 5.82 Å². The van der Waals surface area contributed by atoms with Crippen molar-refractivity contribution in [3.8, 4) is 0 Å². The van der Waals surface area contributed by atoms with E-state index in [1.165, 1.54) is 0 Å². The Balaban J connectivity index is 2.04. The molecule has 1 fully saturated rings. The van der Waals surface area contributed by atoms with Gasteiger partial charge in [0, 0.05) is 38.9 Å². The normalized spacial score (nSPS) is 17.5. The van der Waals surface area contributed by atoms with E-state index in [2.05, 4.69) is 22.1 Å². The molecule has 2 rings (SSSR count). The molecule has 0 radical (unpaired) electrons. The van der Waals surface area contributed by atoms with Crippen LogP contribution in [0.1, 0.15) is 37.0 Å². The lowest BCUT2D eigenvalue weighted by Crippen LogP contribution is -2.54. The summed E-state index contributed by atoms with van der Waals surface area (Å²) >= 11 is 0. The molecule has 1 aromatic rings. The highest BCUT2D eigenvalue weighted by Gasteiger charge is 2.30.